The fourth-order valence-electron chi connectivity index (χ4n) is 3.35. The summed E-state index contributed by atoms with van der Waals surface area (Å²) in [5, 5.41) is 0. The Morgan fingerprint density at radius 3 is 1.97 bits per heavy atom. The fourth-order valence-corrected chi connectivity index (χ4v) is 4.74. The third-order valence-corrected chi connectivity index (χ3v) is 6.64. The minimum absolute atomic E-state index is 0.115. The molecule has 186 valence electrons. The van der Waals surface area contributed by atoms with Gasteiger partial charge in [-0.15, -0.1) is 13.2 Å². The molecule has 0 bridgehead atoms. The van der Waals surface area contributed by atoms with Gasteiger partial charge in [-0.05, 0) is 53.1 Å². The molecule has 3 aromatic rings. The Morgan fingerprint density at radius 2 is 1.43 bits per heavy atom. The van der Waals surface area contributed by atoms with Crippen LogP contribution in [0.3, 0.4) is 0 Å². The van der Waals surface area contributed by atoms with E-state index in [-0.39, 0.29) is 10.6 Å². The Hall–Kier alpha value is -3.66. The zero-order valence-electron chi connectivity index (χ0n) is 19.1. The molecular weight excluding hydrogens is 485 g/mol. The highest BCUT2D eigenvalue weighted by atomic mass is 32.2. The van der Waals surface area contributed by atoms with E-state index in [0.29, 0.717) is 28.4 Å². The number of rotatable bonds is 9. The van der Waals surface area contributed by atoms with Crippen LogP contribution >= 0.6 is 0 Å². The second-order valence-electron chi connectivity index (χ2n) is 7.27. The van der Waals surface area contributed by atoms with E-state index in [1.165, 1.54) is 21.3 Å². The Kier molecular flexibility index (Phi) is 7.96. The van der Waals surface area contributed by atoms with E-state index in [4.69, 9.17) is 14.2 Å². The molecule has 0 atom stereocenters. The lowest BCUT2D eigenvalue weighted by Crippen LogP contribution is -2.17. The standard InChI is InChI=1S/C25H23F3O6S/c1-31-22-14-17(15-23(32-2)24(22)33-3)8-9-18-6-4-5-7-19(18)16-35(29,30)21-12-10-20(11-13-21)34-25(26,27)28/h4-15H,16H2,1-3H3/b9-8-. The zero-order chi connectivity index (χ0) is 25.6. The molecule has 0 fully saturated rings. The van der Waals surface area contributed by atoms with E-state index < -0.39 is 21.9 Å². The number of hydrogen-bond acceptors (Lipinski definition) is 6. The summed E-state index contributed by atoms with van der Waals surface area (Å²) in [5.74, 6) is 0.554. The molecule has 0 unspecified atom stereocenters. The second kappa shape index (κ2) is 10.7. The molecule has 0 aliphatic heterocycles. The van der Waals surface area contributed by atoms with Gasteiger partial charge < -0.3 is 18.9 Å². The summed E-state index contributed by atoms with van der Waals surface area (Å²) < 4.78 is 82.8. The normalized spacial score (nSPS) is 11.9. The maximum atomic E-state index is 12.9. The lowest BCUT2D eigenvalue weighted by Gasteiger charge is -2.13. The first-order chi connectivity index (χ1) is 16.6. The third kappa shape index (κ3) is 6.69. The number of ether oxygens (including phenoxy) is 4. The summed E-state index contributed by atoms with van der Waals surface area (Å²) in [4.78, 5) is -0.115. The number of hydrogen-bond donors (Lipinski definition) is 0. The SMILES string of the molecule is COc1cc(/C=C\c2ccccc2CS(=O)(=O)c2ccc(OC(F)(F)F)cc2)cc(OC)c1OC. The van der Waals surface area contributed by atoms with Crippen LogP contribution in [0.25, 0.3) is 12.2 Å². The van der Waals surface area contributed by atoms with Gasteiger partial charge in [-0.2, -0.15) is 0 Å². The van der Waals surface area contributed by atoms with Gasteiger partial charge in [-0.1, -0.05) is 36.4 Å². The molecule has 3 rings (SSSR count). The quantitative estimate of drug-likeness (QED) is 0.343. The fraction of sp³-hybridized carbons (Fsp3) is 0.200. The Morgan fingerprint density at radius 1 is 0.829 bits per heavy atom. The lowest BCUT2D eigenvalue weighted by molar-refractivity contribution is -0.274. The molecule has 0 aromatic heterocycles. The van der Waals surface area contributed by atoms with Gasteiger partial charge in [0.05, 0.1) is 32.0 Å². The Bertz CT molecular complexity index is 1270. The van der Waals surface area contributed by atoms with Crippen molar-refractivity contribution in [1.82, 2.24) is 0 Å². The van der Waals surface area contributed by atoms with Crippen LogP contribution in [0.15, 0.2) is 65.6 Å². The molecule has 0 amide bonds. The van der Waals surface area contributed by atoms with E-state index in [0.717, 1.165) is 29.8 Å². The molecule has 6 nitrogen and oxygen atoms in total. The molecule has 0 heterocycles. The number of benzene rings is 3. The van der Waals surface area contributed by atoms with Crippen LogP contribution in [0.1, 0.15) is 16.7 Å². The number of alkyl halides is 3. The predicted octanol–water partition coefficient (Wildman–Crippen LogP) is 5.76. The van der Waals surface area contributed by atoms with Crippen LogP contribution in [0.4, 0.5) is 13.2 Å². The highest BCUT2D eigenvalue weighted by molar-refractivity contribution is 7.90. The summed E-state index contributed by atoms with van der Waals surface area (Å²) >= 11 is 0. The molecule has 10 heteroatoms. The van der Waals surface area contributed by atoms with E-state index in [1.54, 1.807) is 48.6 Å². The predicted molar refractivity (Wildman–Crippen MR) is 125 cm³/mol. The first-order valence-corrected chi connectivity index (χ1v) is 11.9. The topological polar surface area (TPSA) is 71.1 Å². The number of halogens is 3. The first kappa shape index (κ1) is 26.0. The van der Waals surface area contributed by atoms with Crippen LogP contribution in [0, 0.1) is 0 Å². The van der Waals surface area contributed by atoms with E-state index in [9.17, 15) is 21.6 Å². The van der Waals surface area contributed by atoms with Crippen molar-refractivity contribution in [1.29, 1.82) is 0 Å². The molecule has 3 aromatic carbocycles. The van der Waals surface area contributed by atoms with Gasteiger partial charge >= 0.3 is 6.36 Å². The summed E-state index contributed by atoms with van der Waals surface area (Å²) in [6, 6.07) is 14.5. The average Bonchev–Trinajstić information content (AvgIpc) is 2.81. The second-order valence-corrected chi connectivity index (χ2v) is 9.26. The van der Waals surface area contributed by atoms with Crippen molar-refractivity contribution in [2.75, 3.05) is 21.3 Å². The summed E-state index contributed by atoms with van der Waals surface area (Å²) in [5.41, 5.74) is 1.91. The summed E-state index contributed by atoms with van der Waals surface area (Å²) in [6.07, 6.45) is -1.32. The van der Waals surface area contributed by atoms with Crippen molar-refractivity contribution >= 4 is 22.0 Å². The monoisotopic (exact) mass is 508 g/mol. The first-order valence-electron chi connectivity index (χ1n) is 10.2. The van der Waals surface area contributed by atoms with E-state index >= 15 is 0 Å². The van der Waals surface area contributed by atoms with Gasteiger partial charge in [0, 0.05) is 0 Å². The van der Waals surface area contributed by atoms with Crippen molar-refractivity contribution in [3.05, 3.63) is 77.4 Å². The molecule has 35 heavy (non-hydrogen) atoms. The van der Waals surface area contributed by atoms with Crippen molar-refractivity contribution in [2.45, 2.75) is 17.0 Å². The average molecular weight is 509 g/mol. The van der Waals surface area contributed by atoms with E-state index in [2.05, 4.69) is 4.74 Å². The van der Waals surface area contributed by atoms with Gasteiger partial charge in [0.15, 0.2) is 21.3 Å². The van der Waals surface area contributed by atoms with Crippen LogP contribution in [-0.2, 0) is 15.6 Å². The van der Waals surface area contributed by atoms with Gasteiger partial charge in [0.1, 0.15) is 5.75 Å². The van der Waals surface area contributed by atoms with Crippen LogP contribution < -0.4 is 18.9 Å². The van der Waals surface area contributed by atoms with Gasteiger partial charge in [-0.3, -0.25) is 0 Å². The highest BCUT2D eigenvalue weighted by Crippen LogP contribution is 2.38. The van der Waals surface area contributed by atoms with Crippen molar-refractivity contribution in [2.24, 2.45) is 0 Å². The Balaban J connectivity index is 1.86. The third-order valence-electron chi connectivity index (χ3n) is 4.96. The molecule has 0 saturated carbocycles. The molecular formula is C25H23F3O6S. The minimum Gasteiger partial charge on any atom is -0.493 e. The van der Waals surface area contributed by atoms with Gasteiger partial charge in [0.25, 0.3) is 0 Å². The molecule has 0 aliphatic rings. The van der Waals surface area contributed by atoms with Crippen LogP contribution in [-0.4, -0.2) is 36.1 Å². The summed E-state index contributed by atoms with van der Waals surface area (Å²) in [7, 11) is 0.680. The number of sulfone groups is 1. The van der Waals surface area contributed by atoms with Gasteiger partial charge in [-0.25, -0.2) is 8.42 Å². The van der Waals surface area contributed by atoms with Crippen molar-refractivity contribution in [3.63, 3.8) is 0 Å². The molecule has 0 aliphatic carbocycles. The highest BCUT2D eigenvalue weighted by Gasteiger charge is 2.31. The van der Waals surface area contributed by atoms with Crippen LogP contribution in [0.2, 0.25) is 0 Å². The maximum Gasteiger partial charge on any atom is 0.573 e. The largest absolute Gasteiger partial charge is 0.573 e. The zero-order valence-corrected chi connectivity index (χ0v) is 19.9. The molecule has 0 N–H and O–H groups in total. The summed E-state index contributed by atoms with van der Waals surface area (Å²) in [6.45, 7) is 0. The van der Waals surface area contributed by atoms with Crippen molar-refractivity contribution < 1.29 is 40.5 Å². The maximum absolute atomic E-state index is 12.9. The lowest BCUT2D eigenvalue weighted by atomic mass is 10.1. The minimum atomic E-state index is -4.86. The van der Waals surface area contributed by atoms with E-state index in [1.807, 2.05) is 0 Å². The molecule has 0 spiro atoms. The smallest absolute Gasteiger partial charge is 0.493 e. The van der Waals surface area contributed by atoms with Gasteiger partial charge in [0.2, 0.25) is 5.75 Å². The molecule has 0 saturated heterocycles. The molecule has 0 radical (unpaired) electrons. The van der Waals surface area contributed by atoms with Crippen molar-refractivity contribution in [3.8, 4) is 23.0 Å². The van der Waals surface area contributed by atoms with Crippen LogP contribution in [0.5, 0.6) is 23.0 Å². The number of methoxy groups -OCH3 is 3. The Labute approximate surface area is 201 Å².